The molecule has 0 N–H and O–H groups in total. The molecule has 0 spiro atoms. The smallest absolute Gasteiger partial charge is 0.331 e. The number of rotatable bonds is 5. The molecule has 9 heteroatoms. The van der Waals surface area contributed by atoms with Crippen molar-refractivity contribution in [1.29, 1.82) is 0 Å². The van der Waals surface area contributed by atoms with Crippen LogP contribution in [0.4, 0.5) is 5.69 Å². The lowest BCUT2D eigenvalue weighted by molar-refractivity contribution is 0.0982. The lowest BCUT2D eigenvalue weighted by Gasteiger charge is -2.36. The first-order valence-corrected chi connectivity index (χ1v) is 12.3. The number of hydrogen-bond acceptors (Lipinski definition) is 7. The third-order valence-corrected chi connectivity index (χ3v) is 7.71. The first-order valence-electron chi connectivity index (χ1n) is 11.5. The van der Waals surface area contributed by atoms with Crippen molar-refractivity contribution in [2.24, 2.45) is 0 Å². The Balaban J connectivity index is 1.33. The monoisotopic (exact) mass is 468 g/mol. The molecule has 8 nitrogen and oxygen atoms in total. The topological polar surface area (TPSA) is 76.8 Å². The number of aromatic nitrogens is 2. The summed E-state index contributed by atoms with van der Waals surface area (Å²) in [7, 11) is 1.69. The van der Waals surface area contributed by atoms with E-state index in [1.54, 1.807) is 17.1 Å². The zero-order valence-corrected chi connectivity index (χ0v) is 19.6. The number of thiophene rings is 1. The van der Waals surface area contributed by atoms with Gasteiger partial charge in [0, 0.05) is 57.6 Å². The van der Waals surface area contributed by atoms with Crippen LogP contribution in [-0.2, 0) is 13.1 Å². The number of ketones is 1. The van der Waals surface area contributed by atoms with E-state index in [-0.39, 0.29) is 17.0 Å². The number of aryl methyl sites for hydroxylation is 1. The van der Waals surface area contributed by atoms with Crippen molar-refractivity contribution in [2.45, 2.75) is 32.4 Å². The van der Waals surface area contributed by atoms with Gasteiger partial charge in [-0.1, -0.05) is 12.1 Å². The quantitative estimate of drug-likeness (QED) is 0.573. The van der Waals surface area contributed by atoms with Crippen molar-refractivity contribution in [3.05, 3.63) is 55.4 Å². The van der Waals surface area contributed by atoms with Crippen LogP contribution in [0.15, 0.2) is 39.2 Å². The van der Waals surface area contributed by atoms with E-state index in [1.165, 1.54) is 15.9 Å². The number of anilines is 1. The average molecular weight is 469 g/mol. The second kappa shape index (κ2) is 9.15. The van der Waals surface area contributed by atoms with E-state index in [2.05, 4.69) is 15.9 Å². The lowest BCUT2D eigenvalue weighted by atomic mass is 10.1. The zero-order valence-electron chi connectivity index (χ0n) is 18.8. The van der Waals surface area contributed by atoms with Gasteiger partial charge in [0.25, 0.3) is 5.56 Å². The van der Waals surface area contributed by atoms with E-state index in [9.17, 15) is 14.4 Å². The van der Waals surface area contributed by atoms with Gasteiger partial charge in [-0.2, -0.15) is 0 Å². The molecule has 0 bridgehead atoms. The van der Waals surface area contributed by atoms with Gasteiger partial charge in [0.2, 0.25) is 0 Å². The molecule has 3 aromatic rings. The Hall–Kier alpha value is -2.91. The number of para-hydroxylation sites is 2. The maximum atomic E-state index is 13.2. The summed E-state index contributed by atoms with van der Waals surface area (Å²) >= 11 is 1.29. The summed E-state index contributed by atoms with van der Waals surface area (Å²) in [5, 5.41) is 2.24. The molecule has 0 unspecified atom stereocenters. The van der Waals surface area contributed by atoms with Gasteiger partial charge < -0.3 is 9.64 Å². The number of hydrogen-bond donors (Lipinski definition) is 0. The van der Waals surface area contributed by atoms with Gasteiger partial charge in [0.1, 0.15) is 5.75 Å². The molecule has 33 heavy (non-hydrogen) atoms. The van der Waals surface area contributed by atoms with Crippen molar-refractivity contribution in [3.63, 3.8) is 0 Å². The number of carbonyl (C=O) groups is 1. The molecular formula is C24H28N4O4S. The average Bonchev–Trinajstić information content (AvgIpc) is 3.27. The first-order chi connectivity index (χ1) is 16.1. The van der Waals surface area contributed by atoms with Crippen LogP contribution in [0.1, 0.15) is 28.9 Å². The van der Waals surface area contributed by atoms with E-state index >= 15 is 0 Å². The molecule has 2 aliphatic rings. The molecule has 5 rings (SSSR count). The predicted octanol–water partition coefficient (Wildman–Crippen LogP) is 2.42. The van der Waals surface area contributed by atoms with Gasteiger partial charge >= 0.3 is 5.69 Å². The molecule has 0 radical (unpaired) electrons. The molecule has 1 saturated heterocycles. The van der Waals surface area contributed by atoms with Crippen LogP contribution >= 0.6 is 11.3 Å². The fourth-order valence-corrected chi connectivity index (χ4v) is 5.87. The molecule has 2 aromatic heterocycles. The zero-order chi connectivity index (χ0) is 22.9. The van der Waals surface area contributed by atoms with Gasteiger partial charge in [-0.3, -0.25) is 23.6 Å². The molecule has 2 aliphatic heterocycles. The summed E-state index contributed by atoms with van der Waals surface area (Å²) in [4.78, 5) is 44.0. The van der Waals surface area contributed by atoms with Crippen LogP contribution in [-0.4, -0.2) is 59.7 Å². The summed E-state index contributed by atoms with van der Waals surface area (Å²) in [5.74, 6) is 0.904. The van der Waals surface area contributed by atoms with Gasteiger partial charge in [0.05, 0.1) is 28.6 Å². The second-order valence-electron chi connectivity index (χ2n) is 8.60. The van der Waals surface area contributed by atoms with Gasteiger partial charge in [-0.25, -0.2) is 4.79 Å². The standard InChI is InChI=1S/C24H28N4O4S/c1-32-20-8-3-2-6-18(20)26-13-10-25(11-14-26)12-15-28-23(30)17-16-33-22-19(29)7-4-5-9-27(21(17)22)24(28)31/h2-3,6,8,16H,4-5,7,9-15H2,1H3. The Bertz CT molecular complexity index is 1300. The number of benzene rings is 1. The van der Waals surface area contributed by atoms with Crippen molar-refractivity contribution in [3.8, 4) is 5.75 Å². The van der Waals surface area contributed by atoms with Crippen LogP contribution in [0.3, 0.4) is 0 Å². The van der Waals surface area contributed by atoms with Crippen LogP contribution in [0.25, 0.3) is 10.9 Å². The molecular weight excluding hydrogens is 440 g/mol. The highest BCUT2D eigenvalue weighted by atomic mass is 32.1. The second-order valence-corrected chi connectivity index (χ2v) is 9.48. The number of Topliss-reactive ketones (excluding diaryl/α,β-unsaturated/α-hetero) is 1. The van der Waals surface area contributed by atoms with Gasteiger partial charge in [0.15, 0.2) is 5.78 Å². The summed E-state index contributed by atoms with van der Waals surface area (Å²) in [6.07, 6.45) is 2.01. The SMILES string of the molecule is COc1ccccc1N1CCN(CCn2c(=O)c3csc4c3n(c2=O)CCCCC4=O)CC1. The van der Waals surface area contributed by atoms with E-state index < -0.39 is 0 Å². The number of carbonyl (C=O) groups excluding carboxylic acids is 1. The van der Waals surface area contributed by atoms with Crippen LogP contribution in [0.2, 0.25) is 0 Å². The first kappa shape index (κ1) is 21.9. The Labute approximate surface area is 195 Å². The van der Waals surface area contributed by atoms with Crippen molar-refractivity contribution in [1.82, 2.24) is 14.0 Å². The predicted molar refractivity (Wildman–Crippen MR) is 130 cm³/mol. The van der Waals surface area contributed by atoms with Crippen molar-refractivity contribution in [2.75, 3.05) is 44.7 Å². The van der Waals surface area contributed by atoms with E-state index in [0.717, 1.165) is 50.5 Å². The van der Waals surface area contributed by atoms with Gasteiger partial charge in [-0.15, -0.1) is 11.3 Å². The van der Waals surface area contributed by atoms with E-state index in [1.807, 2.05) is 18.2 Å². The minimum Gasteiger partial charge on any atom is -0.495 e. The molecule has 174 valence electrons. The van der Waals surface area contributed by atoms with E-state index in [0.29, 0.717) is 41.8 Å². The largest absolute Gasteiger partial charge is 0.495 e. The molecule has 1 aromatic carbocycles. The summed E-state index contributed by atoms with van der Waals surface area (Å²) in [6.45, 7) is 4.94. The van der Waals surface area contributed by atoms with Gasteiger partial charge in [-0.05, 0) is 25.0 Å². The molecule has 1 fully saturated rings. The third kappa shape index (κ3) is 4.00. The molecule has 0 saturated carbocycles. The Morgan fingerprint density at radius 2 is 1.76 bits per heavy atom. The van der Waals surface area contributed by atoms with Crippen LogP contribution < -0.4 is 20.9 Å². The Morgan fingerprint density at radius 1 is 0.970 bits per heavy atom. The normalized spacial score (nSPS) is 17.2. The van der Waals surface area contributed by atoms with E-state index in [4.69, 9.17) is 4.74 Å². The molecule has 4 heterocycles. The molecule has 0 amide bonds. The highest BCUT2D eigenvalue weighted by molar-refractivity contribution is 7.13. The fourth-order valence-electron chi connectivity index (χ4n) is 4.86. The summed E-state index contributed by atoms with van der Waals surface area (Å²) in [5.41, 5.74) is 1.05. The molecule has 0 atom stereocenters. The maximum absolute atomic E-state index is 13.2. The van der Waals surface area contributed by atoms with Crippen LogP contribution in [0.5, 0.6) is 5.75 Å². The maximum Gasteiger partial charge on any atom is 0.331 e. The summed E-state index contributed by atoms with van der Waals surface area (Å²) < 4.78 is 8.50. The number of methoxy groups -OCH3 is 1. The minimum absolute atomic E-state index is 0.0351. The van der Waals surface area contributed by atoms with Crippen molar-refractivity contribution >= 4 is 33.7 Å². The highest BCUT2D eigenvalue weighted by Gasteiger charge is 2.24. The minimum atomic E-state index is -0.297. The number of ether oxygens (including phenoxy) is 1. The lowest BCUT2D eigenvalue weighted by Crippen LogP contribution is -2.49. The highest BCUT2D eigenvalue weighted by Crippen LogP contribution is 2.29. The Kier molecular flexibility index (Phi) is 6.07. The third-order valence-electron chi connectivity index (χ3n) is 6.70. The van der Waals surface area contributed by atoms with Crippen LogP contribution in [0, 0.1) is 0 Å². The number of nitrogens with zero attached hydrogens (tertiary/aromatic N) is 4. The van der Waals surface area contributed by atoms with Crippen molar-refractivity contribution < 1.29 is 9.53 Å². The fraction of sp³-hybridized carbons (Fsp3) is 0.458. The Morgan fingerprint density at radius 3 is 2.55 bits per heavy atom. The number of piperazine rings is 1. The summed E-state index contributed by atoms with van der Waals surface area (Å²) in [6, 6.07) is 8.02. The molecule has 0 aliphatic carbocycles.